The lowest BCUT2D eigenvalue weighted by atomic mass is 9.90. The fraction of sp³-hybridized carbons (Fsp3) is 0.174. The molecule has 2 N–H and O–H groups in total. The lowest BCUT2D eigenvalue weighted by Crippen LogP contribution is -2.42. The molecule has 152 valence electrons. The van der Waals surface area contributed by atoms with Crippen LogP contribution in [0, 0.1) is 12.7 Å². The molecule has 3 aromatic rings. The van der Waals surface area contributed by atoms with Crippen LogP contribution in [0.15, 0.2) is 60.7 Å². The minimum atomic E-state index is -1.27. The zero-order chi connectivity index (χ0) is 21.5. The molecule has 1 fully saturated rings. The number of urea groups is 1. The van der Waals surface area contributed by atoms with E-state index in [1.165, 1.54) is 18.2 Å². The zero-order valence-electron chi connectivity index (χ0n) is 16.5. The average molecular weight is 405 g/mol. The quantitative estimate of drug-likeness (QED) is 0.650. The Bertz CT molecular complexity index is 1190. The van der Waals surface area contributed by atoms with Crippen molar-refractivity contribution >= 4 is 34.3 Å². The van der Waals surface area contributed by atoms with Gasteiger partial charge in [-0.15, -0.1) is 0 Å². The highest BCUT2D eigenvalue weighted by atomic mass is 19.1. The van der Waals surface area contributed by atoms with Crippen molar-refractivity contribution in [3.63, 3.8) is 0 Å². The first-order valence-electron chi connectivity index (χ1n) is 9.47. The third-order valence-electron chi connectivity index (χ3n) is 5.37. The molecule has 0 bridgehead atoms. The maximum absolute atomic E-state index is 13.2. The second-order valence-electron chi connectivity index (χ2n) is 7.52. The van der Waals surface area contributed by atoms with Gasteiger partial charge in [0.25, 0.3) is 5.91 Å². The minimum absolute atomic E-state index is 0.411. The SMILES string of the molecule is Cc1cc(F)ccc1NC(=O)CN1C(=O)N[C@@](C)(c2ccc3ccccc3c2)C1=O. The van der Waals surface area contributed by atoms with Crippen molar-refractivity contribution in [2.24, 2.45) is 0 Å². The van der Waals surface area contributed by atoms with Crippen molar-refractivity contribution in [3.05, 3.63) is 77.6 Å². The Balaban J connectivity index is 1.54. The first-order chi connectivity index (χ1) is 14.3. The molecule has 30 heavy (non-hydrogen) atoms. The number of halogens is 1. The maximum atomic E-state index is 13.2. The van der Waals surface area contributed by atoms with Gasteiger partial charge in [0, 0.05) is 5.69 Å². The lowest BCUT2D eigenvalue weighted by Gasteiger charge is -2.22. The Morgan fingerprint density at radius 3 is 2.53 bits per heavy atom. The average Bonchev–Trinajstić information content (AvgIpc) is 2.94. The Hall–Kier alpha value is -3.74. The molecule has 0 radical (unpaired) electrons. The van der Waals surface area contributed by atoms with E-state index in [2.05, 4.69) is 10.6 Å². The van der Waals surface area contributed by atoms with Crippen LogP contribution in [0.4, 0.5) is 14.9 Å². The van der Waals surface area contributed by atoms with Crippen LogP contribution in [0.2, 0.25) is 0 Å². The van der Waals surface area contributed by atoms with E-state index >= 15 is 0 Å². The van der Waals surface area contributed by atoms with Gasteiger partial charge >= 0.3 is 6.03 Å². The summed E-state index contributed by atoms with van der Waals surface area (Å²) in [7, 11) is 0. The van der Waals surface area contributed by atoms with Gasteiger partial charge in [-0.3, -0.25) is 14.5 Å². The topological polar surface area (TPSA) is 78.5 Å². The van der Waals surface area contributed by atoms with Gasteiger partial charge in [-0.2, -0.15) is 0 Å². The normalized spacial score (nSPS) is 18.6. The number of benzene rings is 3. The van der Waals surface area contributed by atoms with Crippen LogP contribution in [0.3, 0.4) is 0 Å². The van der Waals surface area contributed by atoms with Gasteiger partial charge in [0.2, 0.25) is 5.91 Å². The minimum Gasteiger partial charge on any atom is -0.324 e. The molecule has 0 saturated carbocycles. The Kier molecular flexibility index (Phi) is 4.73. The summed E-state index contributed by atoms with van der Waals surface area (Å²) in [6.45, 7) is 2.84. The molecule has 3 aromatic carbocycles. The fourth-order valence-corrected chi connectivity index (χ4v) is 3.64. The number of rotatable bonds is 4. The number of amides is 4. The molecule has 1 atom stereocenters. The van der Waals surface area contributed by atoms with E-state index in [1.807, 2.05) is 36.4 Å². The van der Waals surface area contributed by atoms with Gasteiger partial charge in [0.15, 0.2) is 0 Å². The number of fused-ring (bicyclic) bond motifs is 1. The molecule has 1 aliphatic rings. The Morgan fingerprint density at radius 1 is 1.07 bits per heavy atom. The van der Waals surface area contributed by atoms with Gasteiger partial charge < -0.3 is 10.6 Å². The Labute approximate surface area is 172 Å². The smallest absolute Gasteiger partial charge is 0.324 e. The number of anilines is 1. The summed E-state index contributed by atoms with van der Waals surface area (Å²) in [5, 5.41) is 7.29. The van der Waals surface area contributed by atoms with Crippen molar-refractivity contribution in [2.75, 3.05) is 11.9 Å². The molecular formula is C23H20FN3O3. The third kappa shape index (κ3) is 3.39. The fourth-order valence-electron chi connectivity index (χ4n) is 3.64. The van der Waals surface area contributed by atoms with E-state index in [-0.39, 0.29) is 0 Å². The zero-order valence-corrected chi connectivity index (χ0v) is 16.5. The standard InChI is InChI=1S/C23H20FN3O3/c1-14-11-18(24)9-10-19(14)25-20(28)13-27-21(29)23(2,26-22(27)30)17-8-7-15-5-3-4-6-16(15)12-17/h3-12H,13H2,1-2H3,(H,25,28)(H,26,30)/t23-/m0/s1. The molecule has 0 unspecified atom stereocenters. The number of carbonyl (C=O) groups excluding carboxylic acids is 3. The summed E-state index contributed by atoms with van der Waals surface area (Å²) in [4.78, 5) is 38.9. The first-order valence-corrected chi connectivity index (χ1v) is 9.47. The predicted octanol–water partition coefficient (Wildman–Crippen LogP) is 3.69. The molecule has 0 aromatic heterocycles. The monoisotopic (exact) mass is 405 g/mol. The number of nitrogens with zero attached hydrogens (tertiary/aromatic N) is 1. The summed E-state index contributed by atoms with van der Waals surface area (Å²) in [6.07, 6.45) is 0. The van der Waals surface area contributed by atoms with Crippen molar-refractivity contribution in [1.82, 2.24) is 10.2 Å². The molecule has 0 spiro atoms. The highest BCUT2D eigenvalue weighted by Gasteiger charge is 2.49. The van der Waals surface area contributed by atoms with Crippen LogP contribution in [0.25, 0.3) is 10.8 Å². The predicted molar refractivity (Wildman–Crippen MR) is 111 cm³/mol. The van der Waals surface area contributed by atoms with Gasteiger partial charge in [0.1, 0.15) is 17.9 Å². The van der Waals surface area contributed by atoms with E-state index in [0.717, 1.165) is 15.7 Å². The molecule has 0 aliphatic carbocycles. The largest absolute Gasteiger partial charge is 0.325 e. The Morgan fingerprint density at radius 2 is 1.80 bits per heavy atom. The maximum Gasteiger partial charge on any atom is 0.325 e. The molecule has 4 amide bonds. The summed E-state index contributed by atoms with van der Waals surface area (Å²) in [5.41, 5.74) is 0.330. The van der Waals surface area contributed by atoms with Crippen molar-refractivity contribution < 1.29 is 18.8 Å². The van der Waals surface area contributed by atoms with Crippen LogP contribution in [-0.2, 0) is 15.1 Å². The van der Waals surface area contributed by atoms with E-state index in [0.29, 0.717) is 16.8 Å². The second kappa shape index (κ2) is 7.26. The molecule has 7 heteroatoms. The molecule has 4 rings (SSSR count). The van der Waals surface area contributed by atoms with Crippen LogP contribution in [0.5, 0.6) is 0 Å². The number of imide groups is 1. The first kappa shape index (κ1) is 19.6. The third-order valence-corrected chi connectivity index (χ3v) is 5.37. The number of carbonyl (C=O) groups is 3. The van der Waals surface area contributed by atoms with E-state index in [4.69, 9.17) is 0 Å². The molecule has 6 nitrogen and oxygen atoms in total. The number of hydrogen-bond donors (Lipinski definition) is 2. The van der Waals surface area contributed by atoms with Crippen molar-refractivity contribution in [3.8, 4) is 0 Å². The summed E-state index contributed by atoms with van der Waals surface area (Å²) >= 11 is 0. The van der Waals surface area contributed by atoms with Crippen LogP contribution in [-0.4, -0.2) is 29.3 Å². The van der Waals surface area contributed by atoms with Gasteiger partial charge in [-0.1, -0.05) is 36.4 Å². The molecule has 1 aliphatic heterocycles. The van der Waals surface area contributed by atoms with Crippen LogP contribution >= 0.6 is 0 Å². The highest BCUT2D eigenvalue weighted by molar-refractivity contribution is 6.10. The van der Waals surface area contributed by atoms with Gasteiger partial charge in [-0.25, -0.2) is 9.18 Å². The summed E-state index contributed by atoms with van der Waals surface area (Å²) in [6, 6.07) is 16.6. The number of aryl methyl sites for hydroxylation is 1. The van der Waals surface area contributed by atoms with Gasteiger partial charge in [-0.05, 0) is 60.0 Å². The molecule has 1 heterocycles. The molecular weight excluding hydrogens is 385 g/mol. The van der Waals surface area contributed by atoms with Crippen LogP contribution < -0.4 is 10.6 Å². The van der Waals surface area contributed by atoms with E-state index in [1.54, 1.807) is 19.9 Å². The van der Waals surface area contributed by atoms with Gasteiger partial charge in [0.05, 0.1) is 0 Å². The van der Waals surface area contributed by atoms with Crippen molar-refractivity contribution in [1.29, 1.82) is 0 Å². The van der Waals surface area contributed by atoms with E-state index in [9.17, 15) is 18.8 Å². The lowest BCUT2D eigenvalue weighted by molar-refractivity contribution is -0.133. The second-order valence-corrected chi connectivity index (χ2v) is 7.52. The van der Waals surface area contributed by atoms with Crippen LogP contribution in [0.1, 0.15) is 18.1 Å². The van der Waals surface area contributed by atoms with Crippen molar-refractivity contribution in [2.45, 2.75) is 19.4 Å². The summed E-state index contributed by atoms with van der Waals surface area (Å²) < 4.78 is 13.2. The number of nitrogens with one attached hydrogen (secondary N) is 2. The summed E-state index contributed by atoms with van der Waals surface area (Å²) in [5.74, 6) is -1.46. The highest BCUT2D eigenvalue weighted by Crippen LogP contribution is 2.31. The van der Waals surface area contributed by atoms with E-state index < -0.39 is 35.7 Å². The molecule has 1 saturated heterocycles. The number of hydrogen-bond acceptors (Lipinski definition) is 3.